The van der Waals surface area contributed by atoms with Crippen LogP contribution in [0.4, 0.5) is 4.39 Å². The number of hydrogen-bond acceptors (Lipinski definition) is 0. The van der Waals surface area contributed by atoms with Gasteiger partial charge >= 0.3 is 0 Å². The van der Waals surface area contributed by atoms with E-state index < -0.39 is 6.17 Å². The van der Waals surface area contributed by atoms with Crippen LogP contribution in [-0.4, -0.2) is 6.17 Å². The van der Waals surface area contributed by atoms with E-state index >= 15 is 0 Å². The van der Waals surface area contributed by atoms with E-state index in [4.69, 9.17) is 0 Å². The first-order valence-corrected chi connectivity index (χ1v) is 11.4. The Balaban J connectivity index is 1.19. The maximum absolute atomic E-state index is 13.4. The van der Waals surface area contributed by atoms with Gasteiger partial charge in [0.2, 0.25) is 0 Å². The number of halogens is 1. The molecule has 4 aliphatic rings. The second-order valence-electron chi connectivity index (χ2n) is 9.91. The molecule has 0 aromatic rings. The predicted octanol–water partition coefficient (Wildman–Crippen LogP) is 7.32. The fourth-order valence-corrected chi connectivity index (χ4v) is 7.15. The summed E-state index contributed by atoms with van der Waals surface area (Å²) in [6, 6.07) is 0. The van der Waals surface area contributed by atoms with Crippen LogP contribution in [0.5, 0.6) is 0 Å². The second kappa shape index (κ2) is 8.09. The van der Waals surface area contributed by atoms with Gasteiger partial charge in [-0.3, -0.25) is 0 Å². The highest BCUT2D eigenvalue weighted by Gasteiger charge is 2.36. The Morgan fingerprint density at radius 2 is 0.583 bits per heavy atom. The molecule has 4 saturated carbocycles. The van der Waals surface area contributed by atoms with E-state index in [-0.39, 0.29) is 0 Å². The molecule has 0 saturated heterocycles. The van der Waals surface area contributed by atoms with Crippen molar-refractivity contribution in [2.24, 2.45) is 35.5 Å². The van der Waals surface area contributed by atoms with E-state index in [9.17, 15) is 4.39 Å². The van der Waals surface area contributed by atoms with Crippen molar-refractivity contribution in [1.29, 1.82) is 0 Å². The van der Waals surface area contributed by atoms with Crippen molar-refractivity contribution in [2.75, 3.05) is 0 Å². The summed E-state index contributed by atoms with van der Waals surface area (Å²) >= 11 is 0. The highest BCUT2D eigenvalue weighted by molar-refractivity contribution is 4.87. The van der Waals surface area contributed by atoms with Gasteiger partial charge < -0.3 is 0 Å². The molecular weight excluding hydrogens is 295 g/mol. The molecule has 4 rings (SSSR count). The minimum Gasteiger partial charge on any atom is -0.247 e. The van der Waals surface area contributed by atoms with Crippen LogP contribution in [0.1, 0.15) is 103 Å². The van der Waals surface area contributed by atoms with Crippen LogP contribution in [0.25, 0.3) is 0 Å². The molecule has 0 amide bonds. The van der Waals surface area contributed by atoms with Crippen molar-refractivity contribution < 1.29 is 4.39 Å². The first-order chi connectivity index (χ1) is 11.8. The molecule has 0 aromatic heterocycles. The lowest BCUT2D eigenvalue weighted by atomic mass is 9.64. The fraction of sp³-hybridized carbons (Fsp3) is 1.00. The smallest absolute Gasteiger partial charge is 0.100 e. The van der Waals surface area contributed by atoms with Gasteiger partial charge in [0.1, 0.15) is 6.17 Å². The van der Waals surface area contributed by atoms with Crippen molar-refractivity contribution in [2.45, 2.75) is 109 Å². The van der Waals surface area contributed by atoms with Crippen LogP contribution in [0.3, 0.4) is 0 Å². The van der Waals surface area contributed by atoms with E-state index in [2.05, 4.69) is 0 Å². The van der Waals surface area contributed by atoms with Gasteiger partial charge in [0.05, 0.1) is 0 Å². The molecule has 0 heterocycles. The van der Waals surface area contributed by atoms with Gasteiger partial charge in [-0.15, -0.1) is 0 Å². The van der Waals surface area contributed by atoms with Crippen LogP contribution in [0.2, 0.25) is 0 Å². The lowest BCUT2D eigenvalue weighted by molar-refractivity contribution is 0.0907. The quantitative estimate of drug-likeness (QED) is 0.507. The first-order valence-electron chi connectivity index (χ1n) is 11.4. The molecule has 0 unspecified atom stereocenters. The summed E-state index contributed by atoms with van der Waals surface area (Å²) in [5.74, 6) is 6.12. The molecule has 0 N–H and O–H groups in total. The molecule has 4 aliphatic carbocycles. The fourth-order valence-electron chi connectivity index (χ4n) is 7.15. The molecule has 0 radical (unpaired) electrons. The molecule has 0 atom stereocenters. The Morgan fingerprint density at radius 3 is 0.917 bits per heavy atom. The topological polar surface area (TPSA) is 0 Å². The monoisotopic (exact) mass is 334 g/mol. The van der Waals surface area contributed by atoms with E-state index in [1.54, 1.807) is 38.5 Å². The first kappa shape index (κ1) is 17.3. The molecule has 0 nitrogen and oxygen atoms in total. The van der Waals surface area contributed by atoms with E-state index in [0.717, 1.165) is 48.3 Å². The third-order valence-electron chi connectivity index (χ3n) is 8.73. The van der Waals surface area contributed by atoms with Gasteiger partial charge in [0, 0.05) is 0 Å². The minimum absolute atomic E-state index is 0.479. The highest BCUT2D eigenvalue weighted by Crippen LogP contribution is 2.47. The zero-order chi connectivity index (χ0) is 16.4. The van der Waals surface area contributed by atoms with E-state index in [1.165, 1.54) is 51.4 Å². The SMILES string of the molecule is FC1CCC(C2CCC(C3CCC(C4CCCC4)CC3)CC2)CC1. The zero-order valence-corrected chi connectivity index (χ0v) is 15.7. The summed E-state index contributed by atoms with van der Waals surface area (Å²) in [7, 11) is 0. The van der Waals surface area contributed by atoms with E-state index in [1.807, 2.05) is 0 Å². The molecule has 0 spiro atoms. The van der Waals surface area contributed by atoms with Crippen molar-refractivity contribution in [3.8, 4) is 0 Å². The number of rotatable bonds is 3. The summed E-state index contributed by atoms with van der Waals surface area (Å²) < 4.78 is 13.4. The van der Waals surface area contributed by atoms with Crippen LogP contribution >= 0.6 is 0 Å². The average molecular weight is 335 g/mol. The lowest BCUT2D eigenvalue weighted by Gasteiger charge is -2.41. The summed E-state index contributed by atoms with van der Waals surface area (Å²) in [5.41, 5.74) is 0. The molecule has 4 fully saturated rings. The molecule has 0 aliphatic heterocycles. The Morgan fingerprint density at radius 1 is 0.333 bits per heavy atom. The average Bonchev–Trinajstić information content (AvgIpc) is 3.17. The number of hydrogen-bond donors (Lipinski definition) is 0. The lowest BCUT2D eigenvalue weighted by Crippen LogP contribution is -2.30. The summed E-state index contributed by atoms with van der Waals surface area (Å²) in [6.45, 7) is 0. The molecule has 1 heteroatoms. The highest BCUT2D eigenvalue weighted by atomic mass is 19.1. The van der Waals surface area contributed by atoms with Gasteiger partial charge in [0.25, 0.3) is 0 Å². The van der Waals surface area contributed by atoms with Crippen LogP contribution < -0.4 is 0 Å². The molecule has 24 heavy (non-hydrogen) atoms. The third-order valence-corrected chi connectivity index (χ3v) is 8.73. The van der Waals surface area contributed by atoms with Crippen molar-refractivity contribution in [1.82, 2.24) is 0 Å². The predicted molar refractivity (Wildman–Crippen MR) is 99.7 cm³/mol. The Bertz CT molecular complexity index is 361. The van der Waals surface area contributed by atoms with Gasteiger partial charge in [-0.1, -0.05) is 25.7 Å². The van der Waals surface area contributed by atoms with Crippen LogP contribution in [-0.2, 0) is 0 Å². The number of alkyl halides is 1. The summed E-state index contributed by atoms with van der Waals surface area (Å²) in [4.78, 5) is 0. The molecule has 138 valence electrons. The Kier molecular flexibility index (Phi) is 5.85. The van der Waals surface area contributed by atoms with Crippen LogP contribution in [0, 0.1) is 35.5 Å². The Labute approximate surface area is 149 Å². The van der Waals surface area contributed by atoms with Crippen LogP contribution in [0.15, 0.2) is 0 Å². The van der Waals surface area contributed by atoms with Gasteiger partial charge in [-0.2, -0.15) is 0 Å². The van der Waals surface area contributed by atoms with Gasteiger partial charge in [-0.05, 0) is 113 Å². The normalized spacial score (nSPS) is 45.4. The summed E-state index contributed by atoms with van der Waals surface area (Å²) in [5, 5.41) is 0. The second-order valence-corrected chi connectivity index (χ2v) is 9.91. The zero-order valence-electron chi connectivity index (χ0n) is 15.7. The molecule has 0 bridgehead atoms. The van der Waals surface area contributed by atoms with Crippen molar-refractivity contribution in [3.63, 3.8) is 0 Å². The van der Waals surface area contributed by atoms with E-state index in [0.29, 0.717) is 0 Å². The van der Waals surface area contributed by atoms with Crippen molar-refractivity contribution >= 4 is 0 Å². The third kappa shape index (κ3) is 4.01. The largest absolute Gasteiger partial charge is 0.247 e. The Hall–Kier alpha value is -0.0700. The maximum Gasteiger partial charge on any atom is 0.100 e. The maximum atomic E-state index is 13.4. The van der Waals surface area contributed by atoms with Crippen molar-refractivity contribution in [3.05, 3.63) is 0 Å². The minimum atomic E-state index is -0.479. The van der Waals surface area contributed by atoms with Gasteiger partial charge in [0.15, 0.2) is 0 Å². The van der Waals surface area contributed by atoms with Gasteiger partial charge in [-0.25, -0.2) is 4.39 Å². The standard InChI is InChI=1S/C23H39F/c24-23-15-13-22(14-16-23)21-11-9-20(10-12-21)19-7-5-18(6-8-19)17-3-1-2-4-17/h17-23H,1-16H2. The molecule has 0 aromatic carbocycles. The summed E-state index contributed by atoms with van der Waals surface area (Å²) in [6.07, 6.45) is 21.8. The molecular formula is C23H39F.